The van der Waals surface area contributed by atoms with Crippen LogP contribution >= 0.6 is 0 Å². The predicted molar refractivity (Wildman–Crippen MR) is 203 cm³/mol. The number of hydrogen-bond acceptors (Lipinski definition) is 2. The van der Waals surface area contributed by atoms with E-state index in [4.69, 9.17) is 4.98 Å². The van der Waals surface area contributed by atoms with Gasteiger partial charge in [-0.25, -0.2) is 4.98 Å². The molecule has 6 heterocycles. The van der Waals surface area contributed by atoms with Gasteiger partial charge in [0.05, 0.1) is 56.7 Å². The number of pyridine rings is 2. The molecular formula is C44H25N5. The molecule has 49 heavy (non-hydrogen) atoms. The van der Waals surface area contributed by atoms with Crippen LogP contribution in [-0.2, 0) is 0 Å². The van der Waals surface area contributed by atoms with Crippen molar-refractivity contribution in [2.75, 3.05) is 0 Å². The third kappa shape index (κ3) is 3.15. The number of benzene rings is 6. The quantitative estimate of drug-likeness (QED) is 0.192. The van der Waals surface area contributed by atoms with Gasteiger partial charge in [0.2, 0.25) is 0 Å². The lowest BCUT2D eigenvalue weighted by Gasteiger charge is -2.11. The average molecular weight is 624 g/mol. The zero-order chi connectivity index (χ0) is 31.8. The van der Waals surface area contributed by atoms with Gasteiger partial charge in [-0.05, 0) is 65.4 Å². The molecule has 12 aromatic rings. The van der Waals surface area contributed by atoms with Gasteiger partial charge in [0.1, 0.15) is 5.82 Å². The standard InChI is InChI=1S/C44H25N5/c1-2-10-27-22-38-34(21-26(27)9-1)42-39(23-33-30-12-4-7-15-36(30)49-37-16-8-5-13-32(37)43(42)44(33)49)48(38)41-18-17-28(24-46-41)47-35-14-6-3-11-29(35)31-19-20-45-25-40(31)47/h1-25H. The number of rotatable bonds is 2. The average Bonchev–Trinajstić information content (AvgIpc) is 3.88. The smallest absolute Gasteiger partial charge is 0.137 e. The Labute approximate surface area is 278 Å². The van der Waals surface area contributed by atoms with Gasteiger partial charge in [-0.15, -0.1) is 0 Å². The van der Waals surface area contributed by atoms with Crippen LogP contribution in [0.1, 0.15) is 0 Å². The molecular weight excluding hydrogens is 599 g/mol. The van der Waals surface area contributed by atoms with E-state index in [1.165, 1.54) is 70.4 Å². The summed E-state index contributed by atoms with van der Waals surface area (Å²) in [5, 5.41) is 12.4. The van der Waals surface area contributed by atoms with E-state index >= 15 is 0 Å². The molecule has 5 heteroatoms. The first kappa shape index (κ1) is 25.4. The SMILES string of the molecule is c1ccc2cc3c(cc2c1)c1c2c4ccccc4n4c5ccccc5c(cc1n3-c1ccc(-n3c5ccccc5c5ccncc53)cn1)c24. The summed E-state index contributed by atoms with van der Waals surface area (Å²) >= 11 is 0. The highest BCUT2D eigenvalue weighted by molar-refractivity contribution is 6.36. The second kappa shape index (κ2) is 9.00. The lowest BCUT2D eigenvalue weighted by molar-refractivity contribution is 1.05. The van der Waals surface area contributed by atoms with E-state index in [2.05, 4.69) is 152 Å². The van der Waals surface area contributed by atoms with E-state index in [-0.39, 0.29) is 0 Å². The van der Waals surface area contributed by atoms with Gasteiger partial charge < -0.3 is 8.97 Å². The molecule has 0 unspecified atom stereocenters. The highest BCUT2D eigenvalue weighted by atomic mass is 15.1. The molecule has 0 aliphatic rings. The van der Waals surface area contributed by atoms with Crippen molar-refractivity contribution in [3.8, 4) is 11.5 Å². The second-order valence-corrected chi connectivity index (χ2v) is 13.1. The molecule has 0 saturated carbocycles. The van der Waals surface area contributed by atoms with Gasteiger partial charge in [0.15, 0.2) is 0 Å². The third-order valence-corrected chi connectivity index (χ3v) is 10.7. The molecule has 5 nitrogen and oxygen atoms in total. The molecule has 226 valence electrons. The summed E-state index contributed by atoms with van der Waals surface area (Å²) in [6, 6.07) is 48.4. The molecule has 6 aromatic carbocycles. The predicted octanol–water partition coefficient (Wildman–Crippen LogP) is 11.0. The fourth-order valence-corrected chi connectivity index (χ4v) is 8.68. The highest BCUT2D eigenvalue weighted by Crippen LogP contribution is 2.47. The van der Waals surface area contributed by atoms with Gasteiger partial charge in [0.25, 0.3) is 0 Å². The van der Waals surface area contributed by atoms with Crippen LogP contribution in [0, 0.1) is 0 Å². The van der Waals surface area contributed by atoms with Crippen molar-refractivity contribution in [2.24, 2.45) is 0 Å². The molecule has 6 aromatic heterocycles. The minimum atomic E-state index is 0.888. The maximum atomic E-state index is 5.23. The zero-order valence-electron chi connectivity index (χ0n) is 26.2. The summed E-state index contributed by atoms with van der Waals surface area (Å²) in [5.41, 5.74) is 9.29. The van der Waals surface area contributed by atoms with E-state index in [0.717, 1.165) is 33.6 Å². The van der Waals surface area contributed by atoms with E-state index < -0.39 is 0 Å². The second-order valence-electron chi connectivity index (χ2n) is 13.1. The Kier molecular flexibility index (Phi) is 4.66. The van der Waals surface area contributed by atoms with Gasteiger partial charge in [-0.2, -0.15) is 0 Å². The number of para-hydroxylation sites is 3. The number of aromatic nitrogens is 5. The highest BCUT2D eigenvalue weighted by Gasteiger charge is 2.24. The molecule has 12 rings (SSSR count). The van der Waals surface area contributed by atoms with Crippen molar-refractivity contribution in [3.05, 3.63) is 152 Å². The van der Waals surface area contributed by atoms with Crippen LogP contribution in [0.4, 0.5) is 0 Å². The first-order valence-electron chi connectivity index (χ1n) is 16.7. The van der Waals surface area contributed by atoms with E-state index in [0.29, 0.717) is 0 Å². The van der Waals surface area contributed by atoms with Crippen LogP contribution < -0.4 is 0 Å². The lowest BCUT2D eigenvalue weighted by Crippen LogP contribution is -2.00. The van der Waals surface area contributed by atoms with Crippen LogP contribution in [0.2, 0.25) is 0 Å². The zero-order valence-corrected chi connectivity index (χ0v) is 26.2. The Balaban J connectivity index is 1.22. The number of fused-ring (bicyclic) bond motifs is 14. The van der Waals surface area contributed by atoms with Crippen molar-refractivity contribution in [1.29, 1.82) is 0 Å². The normalized spacial score (nSPS) is 12.5. The fraction of sp³-hybridized carbons (Fsp3) is 0. The summed E-state index contributed by atoms with van der Waals surface area (Å²) in [7, 11) is 0. The van der Waals surface area contributed by atoms with Gasteiger partial charge >= 0.3 is 0 Å². The molecule has 0 atom stereocenters. The van der Waals surface area contributed by atoms with E-state index in [1.807, 2.05) is 18.6 Å². The summed E-state index contributed by atoms with van der Waals surface area (Å²) in [4.78, 5) is 9.71. The largest absolute Gasteiger partial charge is 0.308 e. The van der Waals surface area contributed by atoms with E-state index in [1.54, 1.807) is 0 Å². The summed E-state index contributed by atoms with van der Waals surface area (Å²) < 4.78 is 7.10. The molecule has 0 N–H and O–H groups in total. The molecule has 0 aliphatic carbocycles. The van der Waals surface area contributed by atoms with Crippen molar-refractivity contribution >= 4 is 92.5 Å². The maximum Gasteiger partial charge on any atom is 0.137 e. The minimum absolute atomic E-state index is 0.888. The number of nitrogens with zero attached hydrogens (tertiary/aromatic N) is 5. The van der Waals surface area contributed by atoms with Crippen LogP contribution in [-0.4, -0.2) is 23.5 Å². The van der Waals surface area contributed by atoms with Crippen LogP contribution in [0.3, 0.4) is 0 Å². The van der Waals surface area contributed by atoms with Crippen molar-refractivity contribution in [1.82, 2.24) is 23.5 Å². The molecule has 0 spiro atoms. The summed E-state index contributed by atoms with van der Waals surface area (Å²) in [5.74, 6) is 0.888. The Morgan fingerprint density at radius 2 is 1.08 bits per heavy atom. The van der Waals surface area contributed by atoms with Crippen LogP contribution in [0.25, 0.3) is 104 Å². The Bertz CT molecular complexity index is 3270. The molecule has 0 fully saturated rings. The first-order chi connectivity index (χ1) is 24.3. The summed E-state index contributed by atoms with van der Waals surface area (Å²) in [6.45, 7) is 0. The van der Waals surface area contributed by atoms with E-state index in [9.17, 15) is 0 Å². The molecule has 0 amide bonds. The summed E-state index contributed by atoms with van der Waals surface area (Å²) in [6.07, 6.45) is 5.82. The van der Waals surface area contributed by atoms with Gasteiger partial charge in [0, 0.05) is 49.3 Å². The van der Waals surface area contributed by atoms with Gasteiger partial charge in [-0.3, -0.25) is 9.55 Å². The molecule has 0 aliphatic heterocycles. The van der Waals surface area contributed by atoms with Crippen molar-refractivity contribution in [2.45, 2.75) is 0 Å². The first-order valence-corrected chi connectivity index (χ1v) is 16.7. The third-order valence-electron chi connectivity index (χ3n) is 10.7. The maximum absolute atomic E-state index is 5.23. The van der Waals surface area contributed by atoms with Crippen molar-refractivity contribution in [3.63, 3.8) is 0 Å². The van der Waals surface area contributed by atoms with Crippen LogP contribution in [0.5, 0.6) is 0 Å². The van der Waals surface area contributed by atoms with Crippen molar-refractivity contribution < 1.29 is 0 Å². The van der Waals surface area contributed by atoms with Gasteiger partial charge in [-0.1, -0.05) is 78.9 Å². The topological polar surface area (TPSA) is 40.0 Å². The Hall–Kier alpha value is -6.72. The monoisotopic (exact) mass is 623 g/mol. The molecule has 0 bridgehead atoms. The molecule has 0 saturated heterocycles. The minimum Gasteiger partial charge on any atom is -0.308 e. The lowest BCUT2D eigenvalue weighted by atomic mass is 10.0. The Morgan fingerprint density at radius 3 is 1.88 bits per heavy atom. The Morgan fingerprint density at radius 1 is 0.408 bits per heavy atom. The fourth-order valence-electron chi connectivity index (χ4n) is 8.68. The molecule has 0 radical (unpaired) electrons. The van der Waals surface area contributed by atoms with Crippen LogP contribution in [0.15, 0.2) is 152 Å². The number of hydrogen-bond donors (Lipinski definition) is 0.